The zero-order valence-corrected chi connectivity index (χ0v) is 16.7. The number of aliphatic hydroxyl groups is 1. The van der Waals surface area contributed by atoms with Crippen molar-refractivity contribution in [2.75, 3.05) is 13.1 Å². The van der Waals surface area contributed by atoms with Crippen LogP contribution in [0.4, 0.5) is 0 Å². The average molecular weight is 434 g/mol. The molecule has 0 amide bonds. The third-order valence-electron chi connectivity index (χ3n) is 5.23. The molecule has 2 saturated carbocycles. The highest BCUT2D eigenvalue weighted by atomic mass is 127. The lowest BCUT2D eigenvalue weighted by Gasteiger charge is -2.37. The first-order chi connectivity index (χ1) is 10.6. The van der Waals surface area contributed by atoms with Crippen molar-refractivity contribution >= 4 is 29.9 Å². The molecule has 132 valence electrons. The lowest BCUT2D eigenvalue weighted by Crippen LogP contribution is -2.46. The number of aliphatic hydroxyl groups excluding tert-OH is 1. The second-order valence-electron chi connectivity index (χ2n) is 7.03. The van der Waals surface area contributed by atoms with Crippen LogP contribution in [0.1, 0.15) is 58.8 Å². The fraction of sp³-hybridized carbons (Fsp3) is 0.882. The van der Waals surface area contributed by atoms with E-state index in [-0.39, 0.29) is 47.5 Å². The third kappa shape index (κ3) is 5.49. The highest BCUT2D eigenvalue weighted by Crippen LogP contribution is 2.36. The van der Waals surface area contributed by atoms with Crippen LogP contribution >= 0.6 is 24.0 Å². The molecule has 0 saturated heterocycles. The summed E-state index contributed by atoms with van der Waals surface area (Å²) in [4.78, 5) is 4.72. The van der Waals surface area contributed by atoms with E-state index < -0.39 is 0 Å². The Labute approximate surface area is 157 Å². The van der Waals surface area contributed by atoms with Crippen molar-refractivity contribution in [2.24, 2.45) is 16.3 Å². The van der Waals surface area contributed by atoms with E-state index in [0.29, 0.717) is 6.54 Å². The van der Waals surface area contributed by atoms with Gasteiger partial charge in [-0.1, -0.05) is 19.8 Å². The number of aliphatic imine (C=N–C) groups is 1. The predicted molar refractivity (Wildman–Crippen MR) is 104 cm³/mol. The van der Waals surface area contributed by atoms with Crippen molar-refractivity contribution < 1.29 is 5.11 Å². The van der Waals surface area contributed by atoms with Crippen LogP contribution < -0.4 is 10.6 Å². The molecule has 0 aromatic heterocycles. The number of hydrogen-bond donors (Lipinski definition) is 3. The number of halogens is 1. The molecule has 0 heterocycles. The van der Waals surface area contributed by atoms with E-state index in [1.165, 1.54) is 6.42 Å². The summed E-state index contributed by atoms with van der Waals surface area (Å²) in [6, 6.07) is 2.60. The molecule has 5 nitrogen and oxygen atoms in total. The maximum Gasteiger partial charge on any atom is 0.191 e. The largest absolute Gasteiger partial charge is 0.392 e. The minimum Gasteiger partial charge on any atom is -0.392 e. The molecule has 2 aliphatic rings. The van der Waals surface area contributed by atoms with Gasteiger partial charge in [0.1, 0.15) is 0 Å². The summed E-state index contributed by atoms with van der Waals surface area (Å²) < 4.78 is 0. The molecular weight excluding hydrogens is 403 g/mol. The zero-order chi connectivity index (χ0) is 16.0. The zero-order valence-electron chi connectivity index (χ0n) is 14.3. The van der Waals surface area contributed by atoms with Crippen molar-refractivity contribution in [1.82, 2.24) is 10.6 Å². The fourth-order valence-electron chi connectivity index (χ4n) is 3.61. The van der Waals surface area contributed by atoms with Crippen LogP contribution in [-0.4, -0.2) is 36.3 Å². The van der Waals surface area contributed by atoms with Crippen molar-refractivity contribution in [3.63, 3.8) is 0 Å². The van der Waals surface area contributed by atoms with Gasteiger partial charge in [-0.05, 0) is 39.0 Å². The van der Waals surface area contributed by atoms with Crippen LogP contribution in [0.15, 0.2) is 4.99 Å². The number of rotatable bonds is 4. The van der Waals surface area contributed by atoms with E-state index in [9.17, 15) is 10.4 Å². The minimum atomic E-state index is -0.258. The molecule has 0 radical (unpaired) electrons. The Morgan fingerprint density at radius 3 is 2.74 bits per heavy atom. The van der Waals surface area contributed by atoms with Crippen LogP contribution in [0.2, 0.25) is 0 Å². The Kier molecular flexibility index (Phi) is 8.62. The monoisotopic (exact) mass is 434 g/mol. The van der Waals surface area contributed by atoms with Gasteiger partial charge in [-0.15, -0.1) is 24.0 Å². The molecule has 2 fully saturated rings. The number of nitrogens with one attached hydrogen (secondary N) is 2. The number of nitriles is 1. The molecule has 0 aromatic rings. The van der Waals surface area contributed by atoms with Gasteiger partial charge in [-0.25, -0.2) is 0 Å². The second kappa shape index (κ2) is 9.67. The van der Waals surface area contributed by atoms with Crippen molar-refractivity contribution in [2.45, 2.75) is 70.9 Å². The van der Waals surface area contributed by atoms with Gasteiger partial charge in [0.05, 0.1) is 24.6 Å². The first-order valence-corrected chi connectivity index (χ1v) is 8.71. The molecular formula is C17H31IN4O. The average Bonchev–Trinajstić information content (AvgIpc) is 2.95. The maximum absolute atomic E-state index is 10.3. The molecule has 4 unspecified atom stereocenters. The van der Waals surface area contributed by atoms with Crippen LogP contribution in [0.5, 0.6) is 0 Å². The van der Waals surface area contributed by atoms with Crippen molar-refractivity contribution in [3.05, 3.63) is 0 Å². The Morgan fingerprint density at radius 1 is 1.30 bits per heavy atom. The highest BCUT2D eigenvalue weighted by Gasteiger charge is 2.35. The predicted octanol–water partition coefficient (Wildman–Crippen LogP) is 2.79. The van der Waals surface area contributed by atoms with E-state index in [2.05, 4.69) is 23.6 Å². The molecule has 3 N–H and O–H groups in total. The number of nitrogens with zero attached hydrogens (tertiary/aromatic N) is 2. The van der Waals surface area contributed by atoms with Gasteiger partial charge in [0.2, 0.25) is 0 Å². The summed E-state index contributed by atoms with van der Waals surface area (Å²) in [5, 5.41) is 26.2. The SMILES string of the molecule is CCNC(=NCC1(C)CCCCC1O)NC1CCCC1C#N.I. The van der Waals surface area contributed by atoms with Gasteiger partial charge in [-0.2, -0.15) is 5.26 Å². The van der Waals surface area contributed by atoms with Gasteiger partial charge in [0, 0.05) is 18.0 Å². The Morgan fingerprint density at radius 2 is 2.09 bits per heavy atom. The standard InChI is InChI=1S/C17H30N4O.HI/c1-3-19-16(21-14-8-6-7-13(14)11-18)20-12-17(2)10-5-4-9-15(17)22;/h13-15,22H,3-10,12H2,1-2H3,(H2,19,20,21);1H. The summed E-state index contributed by atoms with van der Waals surface area (Å²) in [6.45, 7) is 5.62. The molecule has 0 aliphatic heterocycles. The molecule has 2 aliphatic carbocycles. The summed E-state index contributed by atoms with van der Waals surface area (Å²) in [6.07, 6.45) is 7.05. The van der Waals surface area contributed by atoms with Gasteiger partial charge < -0.3 is 15.7 Å². The summed E-state index contributed by atoms with van der Waals surface area (Å²) >= 11 is 0. The van der Waals surface area contributed by atoms with E-state index >= 15 is 0 Å². The Hall–Kier alpha value is -0.550. The second-order valence-corrected chi connectivity index (χ2v) is 7.03. The summed E-state index contributed by atoms with van der Waals surface area (Å²) in [5.41, 5.74) is -0.120. The lowest BCUT2D eigenvalue weighted by atomic mass is 9.73. The summed E-state index contributed by atoms with van der Waals surface area (Å²) in [5.74, 6) is 0.869. The number of guanidine groups is 1. The van der Waals surface area contributed by atoms with E-state index in [4.69, 9.17) is 4.99 Å². The molecule has 23 heavy (non-hydrogen) atoms. The normalized spacial score (nSPS) is 34.3. The molecule has 0 aromatic carbocycles. The lowest BCUT2D eigenvalue weighted by molar-refractivity contribution is 0.00715. The topological polar surface area (TPSA) is 80.4 Å². The summed E-state index contributed by atoms with van der Waals surface area (Å²) in [7, 11) is 0. The van der Waals surface area contributed by atoms with Crippen LogP contribution in [0.3, 0.4) is 0 Å². The van der Waals surface area contributed by atoms with E-state index in [1.807, 2.05) is 6.92 Å². The van der Waals surface area contributed by atoms with Gasteiger partial charge >= 0.3 is 0 Å². The molecule has 0 bridgehead atoms. The van der Waals surface area contributed by atoms with Crippen molar-refractivity contribution in [1.29, 1.82) is 5.26 Å². The van der Waals surface area contributed by atoms with Crippen LogP contribution in [-0.2, 0) is 0 Å². The van der Waals surface area contributed by atoms with Gasteiger partial charge in [0.25, 0.3) is 0 Å². The molecule has 6 heteroatoms. The quantitative estimate of drug-likeness (QED) is 0.361. The van der Waals surface area contributed by atoms with E-state index in [1.54, 1.807) is 0 Å². The maximum atomic E-state index is 10.3. The van der Waals surface area contributed by atoms with E-state index in [0.717, 1.165) is 51.0 Å². The van der Waals surface area contributed by atoms with Gasteiger partial charge in [-0.3, -0.25) is 4.99 Å². The minimum absolute atomic E-state index is 0. The number of hydrogen-bond acceptors (Lipinski definition) is 3. The fourth-order valence-corrected chi connectivity index (χ4v) is 3.61. The van der Waals surface area contributed by atoms with Crippen LogP contribution in [0, 0.1) is 22.7 Å². The van der Waals surface area contributed by atoms with Gasteiger partial charge in [0.15, 0.2) is 5.96 Å². The molecule has 2 rings (SSSR count). The van der Waals surface area contributed by atoms with Crippen LogP contribution in [0.25, 0.3) is 0 Å². The third-order valence-corrected chi connectivity index (χ3v) is 5.23. The Bertz CT molecular complexity index is 437. The smallest absolute Gasteiger partial charge is 0.191 e. The Balaban J connectivity index is 0.00000264. The molecule has 0 spiro atoms. The first-order valence-electron chi connectivity index (χ1n) is 8.71. The van der Waals surface area contributed by atoms with Crippen molar-refractivity contribution in [3.8, 4) is 6.07 Å². The molecule has 4 atom stereocenters. The highest BCUT2D eigenvalue weighted by molar-refractivity contribution is 14.0. The first kappa shape index (κ1) is 20.5.